The second-order valence-corrected chi connectivity index (χ2v) is 7.84. The molecule has 1 fully saturated rings. The molecule has 31 heavy (non-hydrogen) atoms. The molecule has 1 atom stereocenters. The number of ketones is 1. The molecule has 7 nitrogen and oxygen atoms in total. The molecule has 2 aromatic carbocycles. The number of methoxy groups -OCH3 is 2. The molecule has 1 saturated heterocycles. The summed E-state index contributed by atoms with van der Waals surface area (Å²) in [5.41, 5.74) is 2.04. The Kier molecular flexibility index (Phi) is 5.48. The number of carbonyl (C=O) groups is 2. The molecule has 8 heteroatoms. The largest absolute Gasteiger partial charge is 0.507 e. The molecule has 1 aliphatic heterocycles. The van der Waals surface area contributed by atoms with Gasteiger partial charge in [-0.15, -0.1) is 11.3 Å². The van der Waals surface area contributed by atoms with Crippen molar-refractivity contribution in [1.82, 2.24) is 4.98 Å². The second kappa shape index (κ2) is 8.23. The number of Topliss-reactive ketones (excluding diaryl/α,β-unsaturated/α-hetero) is 1. The van der Waals surface area contributed by atoms with Crippen molar-refractivity contribution < 1.29 is 24.2 Å². The Bertz CT molecular complexity index is 1170. The molecular weight excluding hydrogens is 416 g/mol. The third-order valence-corrected chi connectivity index (χ3v) is 5.89. The summed E-state index contributed by atoms with van der Waals surface area (Å²) in [6, 6.07) is 11.4. The minimum Gasteiger partial charge on any atom is -0.507 e. The number of carbonyl (C=O) groups excluding carboxylic acids is 2. The molecule has 1 aliphatic rings. The fourth-order valence-electron chi connectivity index (χ4n) is 3.57. The fraction of sp³-hybridized carbons (Fsp3) is 0.174. The summed E-state index contributed by atoms with van der Waals surface area (Å²) < 4.78 is 10.7. The van der Waals surface area contributed by atoms with Crippen LogP contribution in [0.1, 0.15) is 22.7 Å². The number of benzene rings is 2. The number of amides is 1. The van der Waals surface area contributed by atoms with E-state index in [-0.39, 0.29) is 11.3 Å². The lowest BCUT2D eigenvalue weighted by molar-refractivity contribution is -0.132. The molecule has 0 unspecified atom stereocenters. The van der Waals surface area contributed by atoms with Crippen molar-refractivity contribution >= 4 is 33.9 Å². The van der Waals surface area contributed by atoms with Gasteiger partial charge in [0, 0.05) is 17.1 Å². The van der Waals surface area contributed by atoms with Gasteiger partial charge < -0.3 is 14.6 Å². The van der Waals surface area contributed by atoms with Crippen molar-refractivity contribution in [3.8, 4) is 11.5 Å². The molecular formula is C23H20N2O5S. The molecule has 0 spiro atoms. The Morgan fingerprint density at radius 1 is 1.06 bits per heavy atom. The van der Waals surface area contributed by atoms with Gasteiger partial charge in [-0.2, -0.15) is 0 Å². The number of hydrogen-bond acceptors (Lipinski definition) is 7. The van der Waals surface area contributed by atoms with Crippen LogP contribution in [0.2, 0.25) is 0 Å². The monoisotopic (exact) mass is 436 g/mol. The lowest BCUT2D eigenvalue weighted by Gasteiger charge is -2.23. The smallest absolute Gasteiger partial charge is 0.301 e. The van der Waals surface area contributed by atoms with Crippen molar-refractivity contribution in [3.05, 3.63) is 76.3 Å². The third kappa shape index (κ3) is 3.55. The molecule has 1 N–H and O–H groups in total. The summed E-state index contributed by atoms with van der Waals surface area (Å²) in [4.78, 5) is 31.6. The second-order valence-electron chi connectivity index (χ2n) is 6.96. The first kappa shape index (κ1) is 20.6. The first-order valence-corrected chi connectivity index (χ1v) is 10.3. The van der Waals surface area contributed by atoms with Crippen molar-refractivity contribution in [3.63, 3.8) is 0 Å². The summed E-state index contributed by atoms with van der Waals surface area (Å²) >= 11 is 1.24. The normalized spacial score (nSPS) is 17.8. The van der Waals surface area contributed by atoms with E-state index in [1.807, 2.05) is 19.1 Å². The third-order valence-electron chi connectivity index (χ3n) is 5.12. The average Bonchev–Trinajstić information content (AvgIpc) is 3.40. The van der Waals surface area contributed by atoms with Gasteiger partial charge in [-0.25, -0.2) is 4.98 Å². The number of nitrogens with zero attached hydrogens (tertiary/aromatic N) is 2. The maximum absolute atomic E-state index is 13.1. The van der Waals surface area contributed by atoms with Crippen molar-refractivity contribution in [2.24, 2.45) is 0 Å². The van der Waals surface area contributed by atoms with Gasteiger partial charge in [0.05, 0.1) is 25.8 Å². The highest BCUT2D eigenvalue weighted by atomic mass is 32.1. The van der Waals surface area contributed by atoms with E-state index in [1.165, 1.54) is 30.5 Å². The summed E-state index contributed by atoms with van der Waals surface area (Å²) in [5, 5.41) is 13.2. The SMILES string of the molecule is COc1ccc([C@@H]2C(=C(O)c3ccc(C)cc3)C(=O)C(=O)N2c2nccs2)cc1OC. The molecule has 0 saturated carbocycles. The number of aryl methyl sites for hydroxylation is 1. The van der Waals surface area contributed by atoms with Crippen LogP contribution in [0, 0.1) is 6.92 Å². The number of aliphatic hydroxyl groups is 1. The van der Waals surface area contributed by atoms with Crippen LogP contribution in [0.15, 0.2) is 59.6 Å². The maximum atomic E-state index is 13.1. The van der Waals surface area contributed by atoms with E-state index >= 15 is 0 Å². The van der Waals surface area contributed by atoms with E-state index in [2.05, 4.69) is 4.98 Å². The Labute approximate surface area is 183 Å². The zero-order valence-electron chi connectivity index (χ0n) is 17.2. The highest BCUT2D eigenvalue weighted by Crippen LogP contribution is 2.44. The van der Waals surface area contributed by atoms with E-state index in [1.54, 1.807) is 41.9 Å². The van der Waals surface area contributed by atoms with E-state index in [9.17, 15) is 14.7 Å². The molecule has 3 aromatic rings. The molecule has 0 bridgehead atoms. The van der Waals surface area contributed by atoms with Gasteiger partial charge >= 0.3 is 5.91 Å². The highest BCUT2D eigenvalue weighted by molar-refractivity contribution is 7.14. The van der Waals surface area contributed by atoms with Crippen LogP contribution in [0.3, 0.4) is 0 Å². The number of thiazole rings is 1. The molecule has 0 aliphatic carbocycles. The Hall–Kier alpha value is -3.65. The van der Waals surface area contributed by atoms with E-state index in [0.29, 0.717) is 27.8 Å². The van der Waals surface area contributed by atoms with Gasteiger partial charge in [-0.05, 0) is 24.6 Å². The number of aromatic nitrogens is 1. The highest BCUT2D eigenvalue weighted by Gasteiger charge is 2.48. The number of anilines is 1. The zero-order valence-corrected chi connectivity index (χ0v) is 18.0. The Morgan fingerprint density at radius 2 is 1.77 bits per heavy atom. The van der Waals surface area contributed by atoms with Crippen LogP contribution in [0.5, 0.6) is 11.5 Å². The predicted molar refractivity (Wildman–Crippen MR) is 118 cm³/mol. The predicted octanol–water partition coefficient (Wildman–Crippen LogP) is 4.10. The van der Waals surface area contributed by atoms with Crippen LogP contribution in [0.4, 0.5) is 5.13 Å². The van der Waals surface area contributed by atoms with E-state index < -0.39 is 17.7 Å². The van der Waals surface area contributed by atoms with Crippen molar-refractivity contribution in [1.29, 1.82) is 0 Å². The lowest BCUT2D eigenvalue weighted by Crippen LogP contribution is -2.29. The summed E-state index contributed by atoms with van der Waals surface area (Å²) in [6.07, 6.45) is 1.56. The van der Waals surface area contributed by atoms with E-state index in [0.717, 1.165) is 5.56 Å². The Morgan fingerprint density at radius 3 is 2.39 bits per heavy atom. The zero-order chi connectivity index (χ0) is 22.1. The molecule has 4 rings (SSSR count). The van der Waals surface area contributed by atoms with E-state index in [4.69, 9.17) is 9.47 Å². The van der Waals surface area contributed by atoms with Crippen molar-refractivity contribution in [2.75, 3.05) is 19.1 Å². The minimum atomic E-state index is -0.868. The average molecular weight is 436 g/mol. The quantitative estimate of drug-likeness (QED) is 0.368. The standard InChI is InChI=1S/C23H20N2O5S/c1-13-4-6-14(7-5-13)20(26)18-19(15-8-9-16(29-2)17(12-15)30-3)25(22(28)21(18)27)23-24-10-11-31-23/h4-12,19,26H,1-3H3/t19-/m1/s1. The number of rotatable bonds is 5. The molecule has 1 aromatic heterocycles. The number of hydrogen-bond donors (Lipinski definition) is 1. The molecule has 158 valence electrons. The number of aliphatic hydroxyl groups excluding tert-OH is 1. The van der Waals surface area contributed by atoms with Gasteiger partial charge in [-0.3, -0.25) is 14.5 Å². The first-order valence-electron chi connectivity index (χ1n) is 9.45. The van der Waals surface area contributed by atoms with Gasteiger partial charge in [0.25, 0.3) is 5.78 Å². The number of ether oxygens (including phenoxy) is 2. The minimum absolute atomic E-state index is 0.00345. The molecule has 2 heterocycles. The summed E-state index contributed by atoms with van der Waals surface area (Å²) in [6.45, 7) is 1.93. The van der Waals surface area contributed by atoms with Crippen LogP contribution < -0.4 is 14.4 Å². The van der Waals surface area contributed by atoms with Gasteiger partial charge in [0.1, 0.15) is 5.76 Å². The van der Waals surface area contributed by atoms with Crippen LogP contribution in [0.25, 0.3) is 5.76 Å². The van der Waals surface area contributed by atoms with Gasteiger partial charge in [-0.1, -0.05) is 35.9 Å². The molecule has 1 amide bonds. The maximum Gasteiger partial charge on any atom is 0.301 e. The summed E-state index contributed by atoms with van der Waals surface area (Å²) in [5.74, 6) is -0.801. The van der Waals surface area contributed by atoms with Crippen LogP contribution in [-0.4, -0.2) is 36.0 Å². The fourth-order valence-corrected chi connectivity index (χ4v) is 4.24. The van der Waals surface area contributed by atoms with Crippen LogP contribution in [-0.2, 0) is 9.59 Å². The van der Waals surface area contributed by atoms with Crippen molar-refractivity contribution in [2.45, 2.75) is 13.0 Å². The molecule has 0 radical (unpaired) electrons. The van der Waals surface area contributed by atoms with Gasteiger partial charge in [0.2, 0.25) is 0 Å². The van der Waals surface area contributed by atoms with Crippen LogP contribution >= 0.6 is 11.3 Å². The summed E-state index contributed by atoms with van der Waals surface area (Å²) in [7, 11) is 3.03. The Balaban J connectivity index is 1.94. The lowest BCUT2D eigenvalue weighted by atomic mass is 9.95. The first-order chi connectivity index (χ1) is 15.0. The topological polar surface area (TPSA) is 89.0 Å². The van der Waals surface area contributed by atoms with Gasteiger partial charge in [0.15, 0.2) is 16.6 Å².